The van der Waals surface area contributed by atoms with Crippen molar-refractivity contribution in [3.8, 4) is 17.7 Å². The normalized spacial score (nSPS) is 17.8. The molecule has 0 saturated heterocycles. The van der Waals surface area contributed by atoms with Gasteiger partial charge in [0.2, 0.25) is 5.95 Å². The third kappa shape index (κ3) is 3.38. The zero-order valence-electron chi connectivity index (χ0n) is 17.7. The molecule has 3 heterocycles. The van der Waals surface area contributed by atoms with Crippen LogP contribution < -0.4 is 5.73 Å². The van der Waals surface area contributed by atoms with Crippen LogP contribution in [0.1, 0.15) is 42.8 Å². The number of anilines is 1. The summed E-state index contributed by atoms with van der Waals surface area (Å²) in [5, 5.41) is 27.1. The summed E-state index contributed by atoms with van der Waals surface area (Å²) in [7, 11) is 0. The number of aromatic nitrogens is 5. The van der Waals surface area contributed by atoms with Gasteiger partial charge in [-0.05, 0) is 56.5 Å². The average Bonchev–Trinajstić information content (AvgIpc) is 3.31. The van der Waals surface area contributed by atoms with E-state index >= 15 is 0 Å². The van der Waals surface area contributed by atoms with E-state index in [0.717, 1.165) is 17.4 Å². The first-order valence-electron chi connectivity index (χ1n) is 10.3. The van der Waals surface area contributed by atoms with Crippen molar-refractivity contribution in [3.63, 3.8) is 0 Å². The van der Waals surface area contributed by atoms with Gasteiger partial charge in [-0.2, -0.15) is 10.1 Å². The second-order valence-electron chi connectivity index (χ2n) is 8.45. The zero-order chi connectivity index (χ0) is 22.5. The molecule has 5 rings (SSSR count). The molecule has 0 radical (unpaired) electrons. The maximum absolute atomic E-state index is 11.1. The highest BCUT2D eigenvalue weighted by molar-refractivity contribution is 5.85. The molecule has 4 aromatic rings. The maximum Gasteiger partial charge on any atom is 0.221 e. The number of nitrogen functional groups attached to an aromatic ring is 1. The summed E-state index contributed by atoms with van der Waals surface area (Å²) in [6, 6.07) is 11.1. The van der Waals surface area contributed by atoms with Crippen molar-refractivity contribution in [1.82, 2.24) is 24.7 Å². The molecule has 0 spiro atoms. The lowest BCUT2D eigenvalue weighted by atomic mass is 9.99. The quantitative estimate of drug-likeness (QED) is 0.420. The van der Waals surface area contributed by atoms with Crippen LogP contribution in [0.4, 0.5) is 5.95 Å². The zero-order valence-corrected chi connectivity index (χ0v) is 17.7. The number of hydrogen-bond donors (Lipinski definition) is 3. The van der Waals surface area contributed by atoms with E-state index in [4.69, 9.17) is 5.73 Å². The molecule has 1 aromatic carbocycles. The summed E-state index contributed by atoms with van der Waals surface area (Å²) >= 11 is 0. The second kappa shape index (κ2) is 7.12. The lowest BCUT2D eigenvalue weighted by Crippen LogP contribution is -2.20. The summed E-state index contributed by atoms with van der Waals surface area (Å²) in [4.78, 5) is 12.5. The second-order valence-corrected chi connectivity index (χ2v) is 8.45. The Morgan fingerprint density at radius 1 is 1.16 bits per heavy atom. The maximum atomic E-state index is 11.1. The minimum absolute atomic E-state index is 0.126. The number of pyridine rings is 1. The van der Waals surface area contributed by atoms with E-state index in [1.807, 2.05) is 30.3 Å². The van der Waals surface area contributed by atoms with Crippen LogP contribution in [0.25, 0.3) is 16.7 Å². The number of aryl methyl sites for hydroxylation is 1. The molecule has 1 aliphatic rings. The molecule has 32 heavy (non-hydrogen) atoms. The summed E-state index contributed by atoms with van der Waals surface area (Å²) in [6.07, 6.45) is 4.48. The number of nitrogens with two attached hydrogens (primary N) is 1. The van der Waals surface area contributed by atoms with Gasteiger partial charge in [-0.3, -0.25) is 4.98 Å². The molecule has 8 heteroatoms. The Morgan fingerprint density at radius 3 is 2.78 bits per heavy atom. The number of aliphatic hydroxyl groups is 2. The minimum atomic E-state index is -1.27. The van der Waals surface area contributed by atoms with Gasteiger partial charge < -0.3 is 15.9 Å². The molecule has 160 valence electrons. The first kappa shape index (κ1) is 20.1. The summed E-state index contributed by atoms with van der Waals surface area (Å²) in [5.74, 6) is 6.72. The fourth-order valence-electron chi connectivity index (χ4n) is 4.04. The molecule has 4 N–H and O–H groups in total. The Labute approximate surface area is 184 Å². The Bertz CT molecular complexity index is 1410. The lowest BCUT2D eigenvalue weighted by molar-refractivity contribution is 0.0749. The highest BCUT2D eigenvalue weighted by Crippen LogP contribution is 2.35. The van der Waals surface area contributed by atoms with E-state index in [1.54, 1.807) is 37.0 Å². The van der Waals surface area contributed by atoms with Gasteiger partial charge in [0.1, 0.15) is 11.3 Å². The molecule has 0 amide bonds. The van der Waals surface area contributed by atoms with Crippen molar-refractivity contribution in [3.05, 3.63) is 71.3 Å². The topological polar surface area (TPSA) is 123 Å². The highest BCUT2D eigenvalue weighted by Gasteiger charge is 2.36. The number of benzene rings is 1. The van der Waals surface area contributed by atoms with Gasteiger partial charge in [0.25, 0.3) is 0 Å². The molecule has 0 bridgehead atoms. The molecule has 0 fully saturated rings. The molecule has 1 aliphatic carbocycles. The van der Waals surface area contributed by atoms with Crippen LogP contribution in [0, 0.1) is 11.8 Å². The molecular weight excluding hydrogens is 404 g/mol. The summed E-state index contributed by atoms with van der Waals surface area (Å²) in [6.45, 7) is 3.36. The third-order valence-corrected chi connectivity index (χ3v) is 5.59. The highest BCUT2D eigenvalue weighted by atomic mass is 16.3. The van der Waals surface area contributed by atoms with Crippen LogP contribution >= 0.6 is 0 Å². The van der Waals surface area contributed by atoms with Gasteiger partial charge in [-0.15, -0.1) is 0 Å². The van der Waals surface area contributed by atoms with E-state index in [2.05, 4.69) is 31.9 Å². The molecule has 0 aliphatic heterocycles. The lowest BCUT2D eigenvalue weighted by Gasteiger charge is -2.15. The van der Waals surface area contributed by atoms with Crippen LogP contribution in [0.15, 0.2) is 48.8 Å². The number of rotatable bonds is 2. The van der Waals surface area contributed by atoms with Gasteiger partial charge in [0.05, 0.1) is 11.2 Å². The van der Waals surface area contributed by atoms with Crippen molar-refractivity contribution in [2.45, 2.75) is 37.9 Å². The Kier molecular flexibility index (Phi) is 4.48. The van der Waals surface area contributed by atoms with Crippen molar-refractivity contribution >= 4 is 16.9 Å². The van der Waals surface area contributed by atoms with Gasteiger partial charge in [-0.1, -0.05) is 17.9 Å². The summed E-state index contributed by atoms with van der Waals surface area (Å²) in [5.41, 5.74) is 6.89. The van der Waals surface area contributed by atoms with E-state index in [1.165, 1.54) is 0 Å². The Hall–Kier alpha value is -3.80. The minimum Gasteiger partial charge on any atom is -0.384 e. The number of fused-ring (bicyclic) bond motifs is 2. The first-order chi connectivity index (χ1) is 15.2. The molecular formula is C24H22N6O2. The number of nitrogens with zero attached hydrogens (tertiary/aromatic N) is 5. The van der Waals surface area contributed by atoms with Gasteiger partial charge >= 0.3 is 0 Å². The van der Waals surface area contributed by atoms with Crippen LogP contribution in [0.3, 0.4) is 0 Å². The monoisotopic (exact) mass is 426 g/mol. The fraction of sp³-hybridized carbons (Fsp3) is 0.250. The number of hydrogen-bond acceptors (Lipinski definition) is 7. The van der Waals surface area contributed by atoms with Crippen molar-refractivity contribution in [1.29, 1.82) is 0 Å². The van der Waals surface area contributed by atoms with Crippen molar-refractivity contribution in [2.75, 3.05) is 5.73 Å². The van der Waals surface area contributed by atoms with E-state index < -0.39 is 11.2 Å². The van der Waals surface area contributed by atoms with Crippen LogP contribution in [0.2, 0.25) is 0 Å². The predicted molar refractivity (Wildman–Crippen MR) is 120 cm³/mol. The van der Waals surface area contributed by atoms with Crippen LogP contribution in [0.5, 0.6) is 0 Å². The molecule has 8 nitrogen and oxygen atoms in total. The average molecular weight is 426 g/mol. The third-order valence-electron chi connectivity index (χ3n) is 5.59. The predicted octanol–water partition coefficient (Wildman–Crippen LogP) is 2.21. The fourth-order valence-corrected chi connectivity index (χ4v) is 4.04. The molecule has 1 atom stereocenters. The molecule has 3 aromatic heterocycles. The standard InChI is InChI=1S/C24H22N6O2/c1-23(2,31)21-17-6-5-15(7-10-24(32)11-8-16-4-3-12-26-20(16)24)14-18(17)30(29-21)19-9-13-27-22(25)28-19/h3-6,9,12-14,31-32H,8,11H2,1-2H3,(H2,25,27,28). The van der Waals surface area contributed by atoms with Crippen molar-refractivity contribution < 1.29 is 10.2 Å². The van der Waals surface area contributed by atoms with Crippen LogP contribution in [-0.4, -0.2) is 34.9 Å². The van der Waals surface area contributed by atoms with Gasteiger partial charge in [0, 0.05) is 29.4 Å². The smallest absolute Gasteiger partial charge is 0.221 e. The Balaban J connectivity index is 1.63. The SMILES string of the molecule is CC(C)(O)c1nn(-c2ccnc(N)n2)c2cc(C#CC3(O)CCc4cccnc43)ccc12. The van der Waals surface area contributed by atoms with E-state index in [0.29, 0.717) is 34.7 Å². The molecule has 1 unspecified atom stereocenters. The largest absolute Gasteiger partial charge is 0.384 e. The van der Waals surface area contributed by atoms with E-state index in [-0.39, 0.29) is 5.95 Å². The van der Waals surface area contributed by atoms with Gasteiger partial charge in [0.15, 0.2) is 11.4 Å². The van der Waals surface area contributed by atoms with Gasteiger partial charge in [-0.25, -0.2) is 9.67 Å². The van der Waals surface area contributed by atoms with Crippen LogP contribution in [-0.2, 0) is 17.6 Å². The Morgan fingerprint density at radius 2 is 2.00 bits per heavy atom. The summed E-state index contributed by atoms with van der Waals surface area (Å²) < 4.78 is 1.62. The first-order valence-corrected chi connectivity index (χ1v) is 10.3. The van der Waals surface area contributed by atoms with E-state index in [9.17, 15) is 10.2 Å². The van der Waals surface area contributed by atoms with Crippen molar-refractivity contribution in [2.24, 2.45) is 0 Å². The molecule has 0 saturated carbocycles.